The number of ether oxygens (including phenoxy) is 3. The normalized spacial score (nSPS) is 14.9. The van der Waals surface area contributed by atoms with Crippen LogP contribution in [0.1, 0.15) is 39.0 Å². The standard InChI is InChI=1S/C19H24N2O5/c1-2-11-24-15-7-3-4-8-16(15)25-13-18(23)26-12-17(22)21-19(14-20)9-5-6-10-19/h3-4,7-8H,2,5-6,9-13H2,1H3,(H,21,22). The molecule has 0 spiro atoms. The van der Waals surface area contributed by atoms with Crippen molar-refractivity contribution in [3.63, 3.8) is 0 Å². The van der Waals surface area contributed by atoms with Crippen molar-refractivity contribution in [2.75, 3.05) is 19.8 Å². The highest BCUT2D eigenvalue weighted by Crippen LogP contribution is 2.29. The molecule has 0 atom stereocenters. The number of para-hydroxylation sites is 2. The minimum Gasteiger partial charge on any atom is -0.490 e. The lowest BCUT2D eigenvalue weighted by atomic mass is 10.00. The molecule has 1 N–H and O–H groups in total. The van der Waals surface area contributed by atoms with Gasteiger partial charge in [0.15, 0.2) is 24.7 Å². The van der Waals surface area contributed by atoms with Crippen molar-refractivity contribution >= 4 is 11.9 Å². The Hall–Kier alpha value is -2.75. The molecule has 0 radical (unpaired) electrons. The second kappa shape index (κ2) is 9.66. The van der Waals surface area contributed by atoms with Crippen LogP contribution in [0.4, 0.5) is 0 Å². The van der Waals surface area contributed by atoms with Crippen LogP contribution in [0.15, 0.2) is 24.3 Å². The van der Waals surface area contributed by atoms with Gasteiger partial charge in [0.05, 0.1) is 12.7 Å². The third kappa shape index (κ3) is 5.66. The Morgan fingerprint density at radius 1 is 1.15 bits per heavy atom. The maximum Gasteiger partial charge on any atom is 0.344 e. The van der Waals surface area contributed by atoms with Gasteiger partial charge >= 0.3 is 5.97 Å². The molecule has 2 rings (SSSR count). The highest BCUT2D eigenvalue weighted by Gasteiger charge is 2.35. The summed E-state index contributed by atoms with van der Waals surface area (Å²) < 4.78 is 15.9. The van der Waals surface area contributed by atoms with Crippen molar-refractivity contribution in [3.05, 3.63) is 24.3 Å². The van der Waals surface area contributed by atoms with Gasteiger partial charge in [0, 0.05) is 0 Å². The first-order chi connectivity index (χ1) is 12.6. The second-order valence-electron chi connectivity index (χ2n) is 6.19. The van der Waals surface area contributed by atoms with Gasteiger partial charge in [-0.15, -0.1) is 0 Å². The fourth-order valence-electron chi connectivity index (χ4n) is 2.77. The third-order valence-corrected chi connectivity index (χ3v) is 4.07. The molecule has 1 aromatic carbocycles. The van der Waals surface area contributed by atoms with Crippen LogP contribution in [-0.2, 0) is 14.3 Å². The molecule has 7 heteroatoms. The summed E-state index contributed by atoms with van der Waals surface area (Å²) in [7, 11) is 0. The highest BCUT2D eigenvalue weighted by atomic mass is 16.6. The topological polar surface area (TPSA) is 97.7 Å². The van der Waals surface area contributed by atoms with Gasteiger partial charge in [-0.25, -0.2) is 4.79 Å². The molecule has 1 aliphatic carbocycles. The predicted octanol–water partition coefficient (Wildman–Crippen LogP) is 2.35. The van der Waals surface area contributed by atoms with Gasteiger partial charge in [-0.3, -0.25) is 4.79 Å². The fourth-order valence-corrected chi connectivity index (χ4v) is 2.77. The van der Waals surface area contributed by atoms with Gasteiger partial charge in [-0.1, -0.05) is 19.1 Å². The summed E-state index contributed by atoms with van der Waals surface area (Å²) in [6.45, 7) is 1.78. The van der Waals surface area contributed by atoms with Crippen LogP contribution in [-0.4, -0.2) is 37.2 Å². The number of benzene rings is 1. The third-order valence-electron chi connectivity index (χ3n) is 4.07. The van der Waals surface area contributed by atoms with E-state index in [-0.39, 0.29) is 6.61 Å². The van der Waals surface area contributed by atoms with E-state index < -0.39 is 24.0 Å². The molecule has 1 aromatic rings. The first-order valence-electron chi connectivity index (χ1n) is 8.81. The number of rotatable bonds is 9. The summed E-state index contributed by atoms with van der Waals surface area (Å²) in [6, 6.07) is 9.20. The SMILES string of the molecule is CCCOc1ccccc1OCC(=O)OCC(=O)NC1(C#N)CCCC1. The Labute approximate surface area is 153 Å². The minimum atomic E-state index is -0.824. The lowest BCUT2D eigenvalue weighted by Crippen LogP contribution is -2.46. The van der Waals surface area contributed by atoms with E-state index in [0.717, 1.165) is 19.3 Å². The van der Waals surface area contributed by atoms with Crippen LogP contribution >= 0.6 is 0 Å². The molecule has 0 saturated heterocycles. The van der Waals surface area contributed by atoms with E-state index in [1.807, 2.05) is 13.0 Å². The summed E-state index contributed by atoms with van der Waals surface area (Å²) >= 11 is 0. The van der Waals surface area contributed by atoms with E-state index in [4.69, 9.17) is 14.2 Å². The van der Waals surface area contributed by atoms with E-state index in [9.17, 15) is 14.9 Å². The number of esters is 1. The van der Waals surface area contributed by atoms with Crippen LogP contribution in [0.25, 0.3) is 0 Å². The Morgan fingerprint density at radius 2 is 1.81 bits per heavy atom. The van der Waals surface area contributed by atoms with Crippen LogP contribution in [0.5, 0.6) is 11.5 Å². The summed E-state index contributed by atoms with van der Waals surface area (Å²) in [6.07, 6.45) is 3.92. The Balaban J connectivity index is 1.75. The molecule has 0 aromatic heterocycles. The van der Waals surface area contributed by atoms with Crippen molar-refractivity contribution in [2.45, 2.75) is 44.6 Å². The van der Waals surface area contributed by atoms with Crippen LogP contribution in [0.3, 0.4) is 0 Å². The van der Waals surface area contributed by atoms with E-state index in [2.05, 4.69) is 11.4 Å². The number of hydrogen-bond acceptors (Lipinski definition) is 6. The van der Waals surface area contributed by atoms with Crippen molar-refractivity contribution in [1.29, 1.82) is 5.26 Å². The Kier molecular flexibility index (Phi) is 7.27. The molecule has 0 aliphatic heterocycles. The van der Waals surface area contributed by atoms with Gasteiger partial charge < -0.3 is 19.5 Å². The molecule has 7 nitrogen and oxygen atoms in total. The zero-order valence-corrected chi connectivity index (χ0v) is 15.0. The molecule has 1 fully saturated rings. The van der Waals surface area contributed by atoms with Gasteiger partial charge in [0.2, 0.25) is 0 Å². The Morgan fingerprint density at radius 3 is 2.42 bits per heavy atom. The Bertz CT molecular complexity index is 662. The molecule has 0 heterocycles. The molecular formula is C19H24N2O5. The molecule has 1 saturated carbocycles. The van der Waals surface area contributed by atoms with Crippen LogP contribution in [0.2, 0.25) is 0 Å². The smallest absolute Gasteiger partial charge is 0.344 e. The van der Waals surface area contributed by atoms with Crippen LogP contribution in [0, 0.1) is 11.3 Å². The molecule has 1 amide bonds. The largest absolute Gasteiger partial charge is 0.490 e. The van der Waals surface area contributed by atoms with E-state index in [1.165, 1.54) is 0 Å². The predicted molar refractivity (Wildman–Crippen MR) is 93.6 cm³/mol. The lowest BCUT2D eigenvalue weighted by molar-refractivity contribution is -0.150. The van der Waals surface area contributed by atoms with Crippen molar-refractivity contribution in [3.8, 4) is 17.6 Å². The maximum absolute atomic E-state index is 11.9. The number of hydrogen-bond donors (Lipinski definition) is 1. The van der Waals surface area contributed by atoms with E-state index in [1.54, 1.807) is 18.2 Å². The zero-order chi connectivity index (χ0) is 18.8. The van der Waals surface area contributed by atoms with Gasteiger partial charge in [-0.2, -0.15) is 5.26 Å². The molecule has 26 heavy (non-hydrogen) atoms. The first-order valence-corrected chi connectivity index (χ1v) is 8.81. The summed E-state index contributed by atoms with van der Waals surface area (Å²) in [4.78, 5) is 23.7. The summed E-state index contributed by atoms with van der Waals surface area (Å²) in [5.41, 5.74) is -0.824. The first kappa shape index (κ1) is 19.6. The van der Waals surface area contributed by atoms with Crippen molar-refractivity contribution in [2.24, 2.45) is 0 Å². The number of nitriles is 1. The van der Waals surface area contributed by atoms with E-state index in [0.29, 0.717) is 30.9 Å². The van der Waals surface area contributed by atoms with Crippen molar-refractivity contribution in [1.82, 2.24) is 5.32 Å². The minimum absolute atomic E-state index is 0.330. The van der Waals surface area contributed by atoms with Gasteiger partial charge in [-0.05, 0) is 44.2 Å². The molecule has 140 valence electrons. The number of nitrogens with one attached hydrogen (secondary N) is 1. The molecule has 0 unspecified atom stereocenters. The highest BCUT2D eigenvalue weighted by molar-refractivity contribution is 5.81. The van der Waals surface area contributed by atoms with Crippen molar-refractivity contribution < 1.29 is 23.8 Å². The average Bonchev–Trinajstić information content (AvgIpc) is 3.12. The van der Waals surface area contributed by atoms with Gasteiger partial charge in [0.25, 0.3) is 5.91 Å². The average molecular weight is 360 g/mol. The van der Waals surface area contributed by atoms with E-state index >= 15 is 0 Å². The quantitative estimate of drug-likeness (QED) is 0.679. The molecule has 1 aliphatic rings. The number of carbonyl (C=O) groups excluding carboxylic acids is 2. The monoisotopic (exact) mass is 360 g/mol. The number of nitrogens with zero attached hydrogens (tertiary/aromatic N) is 1. The summed E-state index contributed by atoms with van der Waals surface area (Å²) in [5.74, 6) is -0.148. The second-order valence-corrected chi connectivity index (χ2v) is 6.19. The summed E-state index contributed by atoms with van der Waals surface area (Å²) in [5, 5.41) is 11.9. The zero-order valence-electron chi connectivity index (χ0n) is 15.0. The molecular weight excluding hydrogens is 336 g/mol. The van der Waals surface area contributed by atoms with Gasteiger partial charge in [0.1, 0.15) is 5.54 Å². The lowest BCUT2D eigenvalue weighted by Gasteiger charge is -2.21. The molecule has 0 bridgehead atoms. The maximum atomic E-state index is 11.9. The number of amides is 1. The van der Waals surface area contributed by atoms with Crippen LogP contribution < -0.4 is 14.8 Å². The number of carbonyl (C=O) groups is 2. The fraction of sp³-hybridized carbons (Fsp3) is 0.526.